The number of amides is 1. The Morgan fingerprint density at radius 2 is 2.16 bits per heavy atom. The van der Waals surface area contributed by atoms with Gasteiger partial charge in [-0.05, 0) is 31.2 Å². The van der Waals surface area contributed by atoms with Gasteiger partial charge in [0, 0.05) is 12.1 Å². The minimum atomic E-state index is -0.293. The molecule has 2 unspecified atom stereocenters. The summed E-state index contributed by atoms with van der Waals surface area (Å²) in [5.41, 5.74) is 0.617. The molecule has 1 aliphatic heterocycles. The van der Waals surface area contributed by atoms with Gasteiger partial charge >= 0.3 is 0 Å². The van der Waals surface area contributed by atoms with E-state index < -0.39 is 0 Å². The highest BCUT2D eigenvalue weighted by atomic mass is 16.5. The van der Waals surface area contributed by atoms with Gasteiger partial charge in [-0.2, -0.15) is 0 Å². The Bertz CT molecular complexity index is 432. The van der Waals surface area contributed by atoms with Crippen molar-refractivity contribution in [2.75, 3.05) is 26.9 Å². The summed E-state index contributed by atoms with van der Waals surface area (Å²) in [7, 11) is 1.59. The van der Waals surface area contributed by atoms with E-state index in [2.05, 4.69) is 0 Å². The number of benzene rings is 1. The van der Waals surface area contributed by atoms with Gasteiger partial charge in [0.25, 0.3) is 5.91 Å². The molecule has 19 heavy (non-hydrogen) atoms. The predicted molar refractivity (Wildman–Crippen MR) is 70.3 cm³/mol. The van der Waals surface area contributed by atoms with E-state index in [0.717, 1.165) is 5.75 Å². The van der Waals surface area contributed by atoms with Gasteiger partial charge in [0.15, 0.2) is 0 Å². The third-order valence-corrected chi connectivity index (χ3v) is 3.31. The van der Waals surface area contributed by atoms with Crippen LogP contribution in [0.2, 0.25) is 0 Å². The number of rotatable bonds is 3. The molecule has 0 radical (unpaired) electrons. The van der Waals surface area contributed by atoms with Gasteiger partial charge in [-0.3, -0.25) is 4.79 Å². The van der Waals surface area contributed by atoms with E-state index in [1.54, 1.807) is 36.3 Å². The van der Waals surface area contributed by atoms with Crippen LogP contribution in [0.15, 0.2) is 24.3 Å². The minimum absolute atomic E-state index is 0.0115. The molecule has 1 N–H and O–H groups in total. The van der Waals surface area contributed by atoms with Crippen LogP contribution >= 0.6 is 0 Å². The zero-order chi connectivity index (χ0) is 13.8. The average molecular weight is 265 g/mol. The molecule has 104 valence electrons. The first-order chi connectivity index (χ1) is 9.15. The average Bonchev–Trinajstić information content (AvgIpc) is 2.47. The first kappa shape index (κ1) is 13.8. The maximum absolute atomic E-state index is 12.4. The van der Waals surface area contributed by atoms with Crippen LogP contribution in [0.1, 0.15) is 17.3 Å². The first-order valence-electron chi connectivity index (χ1n) is 6.33. The molecule has 0 saturated carbocycles. The predicted octanol–water partition coefficient (Wildman–Crippen LogP) is 0.917. The molecule has 1 aromatic carbocycles. The summed E-state index contributed by atoms with van der Waals surface area (Å²) >= 11 is 0. The molecule has 1 aromatic rings. The van der Waals surface area contributed by atoms with E-state index in [1.807, 2.05) is 6.92 Å². The second-order valence-electron chi connectivity index (χ2n) is 4.67. The molecule has 0 spiro atoms. The van der Waals surface area contributed by atoms with Gasteiger partial charge in [0.05, 0.1) is 32.5 Å². The summed E-state index contributed by atoms with van der Waals surface area (Å²) in [5.74, 6) is 0.678. The number of nitrogens with zero attached hydrogens (tertiary/aromatic N) is 1. The van der Waals surface area contributed by atoms with Gasteiger partial charge in [-0.25, -0.2) is 0 Å². The van der Waals surface area contributed by atoms with E-state index in [4.69, 9.17) is 14.6 Å². The van der Waals surface area contributed by atoms with E-state index in [1.165, 1.54) is 0 Å². The normalized spacial score (nSPS) is 23.2. The summed E-state index contributed by atoms with van der Waals surface area (Å²) in [6.45, 7) is 2.74. The molecule has 1 amide bonds. The van der Waals surface area contributed by atoms with E-state index in [0.29, 0.717) is 18.7 Å². The number of morpholine rings is 1. The molecule has 5 heteroatoms. The maximum atomic E-state index is 12.4. The lowest BCUT2D eigenvalue weighted by Gasteiger charge is -2.37. The lowest BCUT2D eigenvalue weighted by atomic mass is 10.1. The fourth-order valence-electron chi connectivity index (χ4n) is 2.11. The van der Waals surface area contributed by atoms with Crippen molar-refractivity contribution >= 4 is 5.91 Å². The number of methoxy groups -OCH3 is 1. The molecule has 1 aliphatic rings. The summed E-state index contributed by atoms with van der Waals surface area (Å²) in [5, 5.41) is 9.14. The van der Waals surface area contributed by atoms with Crippen LogP contribution in [0.25, 0.3) is 0 Å². The highest BCUT2D eigenvalue weighted by Gasteiger charge is 2.29. The van der Waals surface area contributed by atoms with Gasteiger partial charge < -0.3 is 19.5 Å². The Hall–Kier alpha value is -1.59. The Morgan fingerprint density at radius 3 is 2.74 bits per heavy atom. The Balaban J connectivity index is 2.12. The Morgan fingerprint density at radius 1 is 1.47 bits per heavy atom. The summed E-state index contributed by atoms with van der Waals surface area (Å²) in [4.78, 5) is 14.2. The second-order valence-corrected chi connectivity index (χ2v) is 4.67. The molecule has 1 fully saturated rings. The SMILES string of the molecule is COc1ccc(C(=O)N2CC(CO)OCC2C)cc1. The molecule has 1 heterocycles. The van der Waals surface area contributed by atoms with Crippen molar-refractivity contribution in [3.8, 4) is 5.75 Å². The van der Waals surface area contributed by atoms with Crippen molar-refractivity contribution in [2.24, 2.45) is 0 Å². The van der Waals surface area contributed by atoms with Crippen LogP contribution in [-0.2, 0) is 4.74 Å². The van der Waals surface area contributed by atoms with Gasteiger partial charge in [-0.15, -0.1) is 0 Å². The van der Waals surface area contributed by atoms with Crippen LogP contribution in [0.5, 0.6) is 5.75 Å². The zero-order valence-corrected chi connectivity index (χ0v) is 11.2. The van der Waals surface area contributed by atoms with Gasteiger partial charge in [0.1, 0.15) is 5.75 Å². The Labute approximate surface area is 112 Å². The van der Waals surface area contributed by atoms with Crippen molar-refractivity contribution in [3.05, 3.63) is 29.8 Å². The minimum Gasteiger partial charge on any atom is -0.497 e. The maximum Gasteiger partial charge on any atom is 0.254 e. The monoisotopic (exact) mass is 265 g/mol. The fraction of sp³-hybridized carbons (Fsp3) is 0.500. The number of aliphatic hydroxyl groups excluding tert-OH is 1. The topological polar surface area (TPSA) is 59.0 Å². The highest BCUT2D eigenvalue weighted by Crippen LogP contribution is 2.17. The standard InChI is InChI=1S/C14H19NO4/c1-10-9-19-13(8-16)7-15(10)14(17)11-3-5-12(18-2)6-4-11/h3-6,10,13,16H,7-9H2,1-2H3. The van der Waals surface area contributed by atoms with E-state index in [-0.39, 0.29) is 24.7 Å². The quantitative estimate of drug-likeness (QED) is 0.883. The lowest BCUT2D eigenvalue weighted by molar-refractivity contribution is -0.0667. The molecule has 2 atom stereocenters. The zero-order valence-electron chi connectivity index (χ0n) is 11.2. The van der Waals surface area contributed by atoms with Crippen LogP contribution in [0.3, 0.4) is 0 Å². The van der Waals surface area contributed by atoms with Crippen LogP contribution in [-0.4, -0.2) is 54.9 Å². The van der Waals surface area contributed by atoms with Crippen LogP contribution in [0.4, 0.5) is 0 Å². The summed E-state index contributed by atoms with van der Waals surface area (Å²) in [6.07, 6.45) is -0.293. The number of hydrogen-bond acceptors (Lipinski definition) is 4. The molecular weight excluding hydrogens is 246 g/mol. The van der Waals surface area contributed by atoms with Gasteiger partial charge in [-0.1, -0.05) is 0 Å². The van der Waals surface area contributed by atoms with E-state index >= 15 is 0 Å². The van der Waals surface area contributed by atoms with Crippen LogP contribution < -0.4 is 4.74 Å². The number of hydrogen-bond donors (Lipinski definition) is 1. The number of carbonyl (C=O) groups is 1. The van der Waals surface area contributed by atoms with Gasteiger partial charge in [0.2, 0.25) is 0 Å². The number of carbonyl (C=O) groups excluding carboxylic acids is 1. The summed E-state index contributed by atoms with van der Waals surface area (Å²) < 4.78 is 10.5. The molecule has 0 aromatic heterocycles. The van der Waals surface area contributed by atoms with E-state index in [9.17, 15) is 4.79 Å². The third kappa shape index (κ3) is 3.05. The summed E-state index contributed by atoms with van der Waals surface area (Å²) in [6, 6.07) is 7.04. The second kappa shape index (κ2) is 6.04. The van der Waals surface area contributed by atoms with Crippen molar-refractivity contribution in [1.29, 1.82) is 0 Å². The molecule has 0 bridgehead atoms. The van der Waals surface area contributed by atoms with Crippen molar-refractivity contribution in [2.45, 2.75) is 19.1 Å². The number of ether oxygens (including phenoxy) is 2. The molecule has 0 aliphatic carbocycles. The molecular formula is C14H19NO4. The molecule has 1 saturated heterocycles. The van der Waals surface area contributed by atoms with Crippen LogP contribution in [0, 0.1) is 0 Å². The highest BCUT2D eigenvalue weighted by molar-refractivity contribution is 5.94. The molecule has 2 rings (SSSR count). The third-order valence-electron chi connectivity index (χ3n) is 3.31. The number of aliphatic hydroxyl groups is 1. The largest absolute Gasteiger partial charge is 0.497 e. The Kier molecular flexibility index (Phi) is 4.39. The smallest absolute Gasteiger partial charge is 0.254 e. The van der Waals surface area contributed by atoms with Crippen molar-refractivity contribution < 1.29 is 19.4 Å². The lowest BCUT2D eigenvalue weighted by Crippen LogP contribution is -2.52. The van der Waals surface area contributed by atoms with Crippen molar-refractivity contribution in [3.63, 3.8) is 0 Å². The van der Waals surface area contributed by atoms with Crippen molar-refractivity contribution in [1.82, 2.24) is 4.90 Å². The fourth-order valence-corrected chi connectivity index (χ4v) is 2.11. The molecule has 5 nitrogen and oxygen atoms in total. The first-order valence-corrected chi connectivity index (χ1v) is 6.33.